The second-order valence-electron chi connectivity index (χ2n) is 10.1. The van der Waals surface area contributed by atoms with Gasteiger partial charge in [-0.15, -0.1) is 0 Å². The molecule has 2 atom stereocenters. The fourth-order valence-electron chi connectivity index (χ4n) is 5.05. The fraction of sp³-hybridized carbons (Fsp3) is 1.00. The Morgan fingerprint density at radius 2 is 0.853 bits per heavy atom. The van der Waals surface area contributed by atoms with Gasteiger partial charge in [-0.05, 0) is 25.7 Å². The predicted octanol–water partition coefficient (Wildman–Crippen LogP) is 9.47. The third-order valence-corrected chi connectivity index (χ3v) is 17.8. The van der Waals surface area contributed by atoms with Crippen LogP contribution in [0.4, 0.5) is 0 Å². The van der Waals surface area contributed by atoms with Crippen LogP contribution < -0.4 is 0 Å². The SMILES string of the molecule is CCCCCOC(CCSSCCC(OCCCCC)[SiH](CCC)CCC)[SiH](CCC)CCC. The maximum atomic E-state index is 6.53. The van der Waals surface area contributed by atoms with Crippen LogP contribution >= 0.6 is 21.6 Å². The Labute approximate surface area is 226 Å². The van der Waals surface area contributed by atoms with Gasteiger partial charge in [0.05, 0.1) is 17.6 Å². The Balaban J connectivity index is 4.54. The van der Waals surface area contributed by atoms with Crippen LogP contribution in [0.1, 0.15) is 119 Å². The monoisotopic (exact) mass is 550 g/mol. The molecule has 0 fully saturated rings. The zero-order chi connectivity index (χ0) is 25.3. The molecule has 6 heteroatoms. The first kappa shape index (κ1) is 35.1. The van der Waals surface area contributed by atoms with Gasteiger partial charge in [0.25, 0.3) is 0 Å². The van der Waals surface area contributed by atoms with E-state index in [4.69, 9.17) is 9.47 Å². The van der Waals surface area contributed by atoms with Gasteiger partial charge in [-0.25, -0.2) is 0 Å². The Kier molecular flexibility index (Phi) is 27.9. The van der Waals surface area contributed by atoms with Gasteiger partial charge in [0.2, 0.25) is 0 Å². The highest BCUT2D eigenvalue weighted by molar-refractivity contribution is 8.76. The number of unbranched alkanes of at least 4 members (excludes halogenated alkanes) is 4. The van der Waals surface area contributed by atoms with Crippen molar-refractivity contribution in [3.8, 4) is 0 Å². The average molecular weight is 551 g/mol. The molecule has 2 nitrogen and oxygen atoms in total. The number of hydrogen-bond acceptors (Lipinski definition) is 4. The van der Waals surface area contributed by atoms with E-state index in [2.05, 4.69) is 63.1 Å². The Hall–Kier alpha value is 1.05. The average Bonchev–Trinajstić information content (AvgIpc) is 2.83. The number of ether oxygens (including phenoxy) is 2. The van der Waals surface area contributed by atoms with E-state index < -0.39 is 17.6 Å². The first-order chi connectivity index (χ1) is 16.7. The molecule has 0 radical (unpaired) electrons. The summed E-state index contributed by atoms with van der Waals surface area (Å²) in [5, 5.41) is 0. The smallest absolute Gasteiger partial charge is 0.0717 e. The van der Waals surface area contributed by atoms with Gasteiger partial charge >= 0.3 is 0 Å². The summed E-state index contributed by atoms with van der Waals surface area (Å²) in [5.41, 5.74) is 1.20. The van der Waals surface area contributed by atoms with Crippen molar-refractivity contribution in [2.75, 3.05) is 24.7 Å². The normalized spacial score (nSPS) is 13.8. The first-order valence-corrected chi connectivity index (χ1v) is 22.2. The molecule has 0 aliphatic carbocycles. The maximum Gasteiger partial charge on any atom is 0.0717 e. The van der Waals surface area contributed by atoms with Gasteiger partial charge in [-0.1, -0.05) is 139 Å². The molecule has 0 bridgehead atoms. The molecule has 0 spiro atoms. The van der Waals surface area contributed by atoms with Crippen LogP contribution in [0.5, 0.6) is 0 Å². The van der Waals surface area contributed by atoms with Gasteiger partial charge < -0.3 is 9.47 Å². The van der Waals surface area contributed by atoms with Crippen molar-refractivity contribution in [1.82, 2.24) is 0 Å². The van der Waals surface area contributed by atoms with E-state index in [1.165, 1.54) is 113 Å². The van der Waals surface area contributed by atoms with E-state index >= 15 is 0 Å². The molecule has 0 saturated heterocycles. The lowest BCUT2D eigenvalue weighted by atomic mass is 10.3. The van der Waals surface area contributed by atoms with Crippen molar-refractivity contribution in [3.05, 3.63) is 0 Å². The van der Waals surface area contributed by atoms with Gasteiger partial charge in [0, 0.05) is 36.2 Å². The topological polar surface area (TPSA) is 18.5 Å². The molecule has 0 aliphatic rings. The van der Waals surface area contributed by atoms with Gasteiger partial charge in [0.15, 0.2) is 0 Å². The molecule has 0 heterocycles. The third kappa shape index (κ3) is 19.2. The summed E-state index contributed by atoms with van der Waals surface area (Å²) in [6.45, 7) is 16.0. The van der Waals surface area contributed by atoms with E-state index in [1.807, 2.05) is 0 Å². The summed E-state index contributed by atoms with van der Waals surface area (Å²) >= 11 is 0. The van der Waals surface area contributed by atoms with Gasteiger partial charge in [-0.2, -0.15) is 0 Å². The van der Waals surface area contributed by atoms with E-state index in [0.29, 0.717) is 11.5 Å². The lowest BCUT2D eigenvalue weighted by Crippen LogP contribution is -2.34. The summed E-state index contributed by atoms with van der Waals surface area (Å²) in [6.07, 6.45) is 15.6. The van der Waals surface area contributed by atoms with Crippen molar-refractivity contribution in [2.24, 2.45) is 0 Å². The first-order valence-electron chi connectivity index (χ1n) is 15.2. The van der Waals surface area contributed by atoms with Crippen LogP contribution in [0.15, 0.2) is 0 Å². The zero-order valence-corrected chi connectivity index (χ0v) is 28.0. The molecule has 2 unspecified atom stereocenters. The molecule has 0 N–H and O–H groups in total. The second kappa shape index (κ2) is 27.1. The molecule has 206 valence electrons. The molecular formula is C28H62O2S2Si2. The zero-order valence-electron chi connectivity index (χ0n) is 24.1. The molecule has 0 rings (SSSR count). The van der Waals surface area contributed by atoms with Crippen molar-refractivity contribution in [3.63, 3.8) is 0 Å². The Morgan fingerprint density at radius 1 is 0.500 bits per heavy atom. The van der Waals surface area contributed by atoms with Crippen molar-refractivity contribution < 1.29 is 9.47 Å². The van der Waals surface area contributed by atoms with E-state index in [-0.39, 0.29) is 0 Å². The van der Waals surface area contributed by atoms with Crippen LogP contribution in [0.25, 0.3) is 0 Å². The van der Waals surface area contributed by atoms with Crippen molar-refractivity contribution in [2.45, 2.75) is 154 Å². The second-order valence-corrected chi connectivity index (χ2v) is 19.7. The van der Waals surface area contributed by atoms with Crippen molar-refractivity contribution in [1.29, 1.82) is 0 Å². The van der Waals surface area contributed by atoms with E-state index in [9.17, 15) is 0 Å². The molecule has 0 aromatic heterocycles. The lowest BCUT2D eigenvalue weighted by Gasteiger charge is -2.27. The lowest BCUT2D eigenvalue weighted by molar-refractivity contribution is 0.0960. The van der Waals surface area contributed by atoms with Gasteiger partial charge in [-0.3, -0.25) is 0 Å². The van der Waals surface area contributed by atoms with Crippen molar-refractivity contribution >= 4 is 39.2 Å². The maximum absolute atomic E-state index is 6.53. The van der Waals surface area contributed by atoms with Crippen LogP contribution in [0.2, 0.25) is 24.2 Å². The molecule has 0 amide bonds. The minimum absolute atomic E-state index is 0.602. The number of hydrogen-bond donors (Lipinski definition) is 0. The molecular weight excluding hydrogens is 489 g/mol. The van der Waals surface area contributed by atoms with Crippen LogP contribution in [-0.2, 0) is 9.47 Å². The Bertz CT molecular complexity index is 357. The van der Waals surface area contributed by atoms with Crippen LogP contribution in [0, 0.1) is 0 Å². The highest BCUT2D eigenvalue weighted by atomic mass is 33.1. The summed E-state index contributed by atoms with van der Waals surface area (Å²) in [4.78, 5) is 0. The molecule has 0 aromatic rings. The highest BCUT2D eigenvalue weighted by Gasteiger charge is 2.24. The van der Waals surface area contributed by atoms with Crippen LogP contribution in [-0.4, -0.2) is 53.8 Å². The molecule has 0 aliphatic heterocycles. The quantitative estimate of drug-likeness (QED) is 0.0575. The molecule has 0 aromatic carbocycles. The summed E-state index contributed by atoms with van der Waals surface area (Å²) in [6, 6.07) is 5.84. The summed E-state index contributed by atoms with van der Waals surface area (Å²) in [5.74, 6) is 2.51. The van der Waals surface area contributed by atoms with Crippen LogP contribution in [0.3, 0.4) is 0 Å². The highest BCUT2D eigenvalue weighted by Crippen LogP contribution is 2.28. The fourth-order valence-corrected chi connectivity index (χ4v) is 14.8. The number of rotatable bonds is 27. The minimum Gasteiger partial charge on any atom is -0.382 e. The third-order valence-electron chi connectivity index (χ3n) is 6.90. The van der Waals surface area contributed by atoms with Gasteiger partial charge in [0.1, 0.15) is 0 Å². The molecule has 34 heavy (non-hydrogen) atoms. The largest absolute Gasteiger partial charge is 0.382 e. The van der Waals surface area contributed by atoms with E-state index in [1.54, 1.807) is 0 Å². The Morgan fingerprint density at radius 3 is 1.15 bits per heavy atom. The summed E-state index contributed by atoms with van der Waals surface area (Å²) < 4.78 is 13.1. The minimum atomic E-state index is -0.784. The molecule has 0 saturated carbocycles. The summed E-state index contributed by atoms with van der Waals surface area (Å²) in [7, 11) is 2.65. The van der Waals surface area contributed by atoms with E-state index in [0.717, 1.165) is 13.2 Å². The standard InChI is InChI=1S/C28H62O2S2Si2/c1-7-13-15-19-29-27(33(23-9-3)24-10-4)17-21-31-32-22-18-28(30-20-16-14-8-2)34(25-11-5)26-12-6/h27-28,33-34H,7-26H2,1-6H3. The predicted molar refractivity (Wildman–Crippen MR) is 167 cm³/mol.